The Morgan fingerprint density at radius 3 is 2.59 bits per heavy atom. The Balaban J connectivity index is 1.94. The number of rotatable bonds is 11. The van der Waals surface area contributed by atoms with Crippen LogP contribution >= 0.6 is 0 Å². The standard InChI is InChI=1S/C16H32N4O2/c1-13(2)8-11-22-12-10-19-16(17-3)18-9-4-5-15(21)20-14-6-7-14/h13-14H,4-12H2,1-3H3,(H,20,21)(H2,17,18,19). The molecule has 0 unspecified atom stereocenters. The van der Waals surface area contributed by atoms with Crippen molar-refractivity contribution in [3.05, 3.63) is 0 Å². The summed E-state index contributed by atoms with van der Waals surface area (Å²) in [6.07, 6.45) is 4.75. The summed E-state index contributed by atoms with van der Waals surface area (Å²) < 4.78 is 5.54. The highest BCUT2D eigenvalue weighted by Gasteiger charge is 2.22. The minimum Gasteiger partial charge on any atom is -0.380 e. The molecule has 6 heteroatoms. The molecular weight excluding hydrogens is 280 g/mol. The first-order valence-electron chi connectivity index (χ1n) is 8.43. The van der Waals surface area contributed by atoms with Crippen molar-refractivity contribution < 1.29 is 9.53 Å². The average molecular weight is 312 g/mol. The minimum absolute atomic E-state index is 0.158. The molecule has 0 bridgehead atoms. The second-order valence-corrected chi connectivity index (χ2v) is 6.17. The molecule has 128 valence electrons. The molecule has 0 atom stereocenters. The Hall–Kier alpha value is -1.30. The van der Waals surface area contributed by atoms with Gasteiger partial charge in [0.2, 0.25) is 5.91 Å². The molecule has 0 aromatic carbocycles. The fourth-order valence-corrected chi connectivity index (χ4v) is 1.87. The van der Waals surface area contributed by atoms with Crippen molar-refractivity contribution in [1.29, 1.82) is 0 Å². The zero-order valence-electron chi connectivity index (χ0n) is 14.3. The Kier molecular flexibility index (Phi) is 9.62. The van der Waals surface area contributed by atoms with Gasteiger partial charge in [0.25, 0.3) is 0 Å². The van der Waals surface area contributed by atoms with Crippen LogP contribution in [0.4, 0.5) is 0 Å². The molecule has 1 saturated carbocycles. The number of amides is 1. The van der Waals surface area contributed by atoms with Crippen molar-refractivity contribution in [1.82, 2.24) is 16.0 Å². The van der Waals surface area contributed by atoms with E-state index in [1.54, 1.807) is 7.05 Å². The Morgan fingerprint density at radius 1 is 1.23 bits per heavy atom. The predicted molar refractivity (Wildman–Crippen MR) is 90.0 cm³/mol. The monoisotopic (exact) mass is 312 g/mol. The van der Waals surface area contributed by atoms with E-state index in [0.717, 1.165) is 51.3 Å². The zero-order chi connectivity index (χ0) is 16.2. The Bertz CT molecular complexity index is 341. The van der Waals surface area contributed by atoms with Crippen LogP contribution in [-0.2, 0) is 9.53 Å². The molecule has 1 aliphatic rings. The molecule has 1 rings (SSSR count). The largest absolute Gasteiger partial charge is 0.380 e. The second-order valence-electron chi connectivity index (χ2n) is 6.17. The van der Waals surface area contributed by atoms with Crippen LogP contribution in [0.15, 0.2) is 4.99 Å². The van der Waals surface area contributed by atoms with E-state index < -0.39 is 0 Å². The van der Waals surface area contributed by atoms with E-state index in [0.29, 0.717) is 25.0 Å². The van der Waals surface area contributed by atoms with E-state index >= 15 is 0 Å². The highest BCUT2D eigenvalue weighted by molar-refractivity contribution is 5.79. The molecule has 0 aliphatic heterocycles. The first kappa shape index (κ1) is 18.7. The van der Waals surface area contributed by atoms with Crippen LogP contribution in [0.1, 0.15) is 46.0 Å². The molecule has 0 spiro atoms. The number of ether oxygens (including phenoxy) is 1. The van der Waals surface area contributed by atoms with Gasteiger partial charge in [-0.2, -0.15) is 0 Å². The van der Waals surface area contributed by atoms with Crippen LogP contribution in [-0.4, -0.2) is 51.3 Å². The molecule has 0 radical (unpaired) electrons. The van der Waals surface area contributed by atoms with Gasteiger partial charge in [0.15, 0.2) is 5.96 Å². The Morgan fingerprint density at radius 2 is 1.95 bits per heavy atom. The fraction of sp³-hybridized carbons (Fsp3) is 0.875. The lowest BCUT2D eigenvalue weighted by Crippen LogP contribution is -2.39. The van der Waals surface area contributed by atoms with Gasteiger partial charge in [-0.05, 0) is 31.6 Å². The highest BCUT2D eigenvalue weighted by atomic mass is 16.5. The summed E-state index contributed by atoms with van der Waals surface area (Å²) in [4.78, 5) is 15.7. The molecule has 0 saturated heterocycles. The first-order valence-corrected chi connectivity index (χ1v) is 8.43. The predicted octanol–water partition coefficient (Wildman–Crippen LogP) is 1.27. The lowest BCUT2D eigenvalue weighted by atomic mass is 10.1. The average Bonchev–Trinajstić information content (AvgIpc) is 3.28. The van der Waals surface area contributed by atoms with Gasteiger partial charge in [-0.25, -0.2) is 0 Å². The van der Waals surface area contributed by atoms with Crippen LogP contribution in [0.25, 0.3) is 0 Å². The minimum atomic E-state index is 0.158. The van der Waals surface area contributed by atoms with E-state index in [4.69, 9.17) is 4.74 Å². The van der Waals surface area contributed by atoms with Crippen LogP contribution in [0.2, 0.25) is 0 Å². The number of guanidine groups is 1. The molecule has 0 aromatic rings. The number of carbonyl (C=O) groups is 1. The van der Waals surface area contributed by atoms with Crippen molar-refractivity contribution in [2.75, 3.05) is 33.4 Å². The SMILES string of the molecule is CN=C(NCCCC(=O)NC1CC1)NCCOCCC(C)C. The molecular formula is C16H32N4O2. The van der Waals surface area contributed by atoms with Gasteiger partial charge in [-0.3, -0.25) is 9.79 Å². The summed E-state index contributed by atoms with van der Waals surface area (Å²) in [6, 6.07) is 0.450. The van der Waals surface area contributed by atoms with Crippen molar-refractivity contribution in [3.8, 4) is 0 Å². The van der Waals surface area contributed by atoms with E-state index in [1.165, 1.54) is 0 Å². The van der Waals surface area contributed by atoms with Gasteiger partial charge in [-0.1, -0.05) is 13.8 Å². The van der Waals surface area contributed by atoms with E-state index in [1.807, 2.05) is 0 Å². The quantitative estimate of drug-likeness (QED) is 0.305. The van der Waals surface area contributed by atoms with Crippen molar-refractivity contribution in [3.63, 3.8) is 0 Å². The number of hydrogen-bond acceptors (Lipinski definition) is 3. The molecule has 0 aromatic heterocycles. The molecule has 1 amide bonds. The second kappa shape index (κ2) is 11.3. The summed E-state index contributed by atoms with van der Waals surface area (Å²) in [5, 5.41) is 9.40. The van der Waals surface area contributed by atoms with Crippen molar-refractivity contribution in [2.24, 2.45) is 10.9 Å². The van der Waals surface area contributed by atoms with Crippen molar-refractivity contribution >= 4 is 11.9 Å². The van der Waals surface area contributed by atoms with Gasteiger partial charge in [0.1, 0.15) is 0 Å². The third kappa shape index (κ3) is 10.4. The third-order valence-corrected chi connectivity index (χ3v) is 3.42. The summed E-state index contributed by atoms with van der Waals surface area (Å²) in [7, 11) is 1.74. The molecule has 1 aliphatic carbocycles. The molecule has 1 fully saturated rings. The van der Waals surface area contributed by atoms with E-state index in [9.17, 15) is 4.79 Å². The maximum atomic E-state index is 11.5. The molecule has 3 N–H and O–H groups in total. The van der Waals surface area contributed by atoms with Crippen molar-refractivity contribution in [2.45, 2.75) is 52.0 Å². The molecule has 6 nitrogen and oxygen atoms in total. The van der Waals surface area contributed by atoms with Crippen LogP contribution in [0.5, 0.6) is 0 Å². The van der Waals surface area contributed by atoms with Crippen LogP contribution in [0, 0.1) is 5.92 Å². The lowest BCUT2D eigenvalue weighted by molar-refractivity contribution is -0.121. The van der Waals surface area contributed by atoms with Crippen LogP contribution in [0.3, 0.4) is 0 Å². The third-order valence-electron chi connectivity index (χ3n) is 3.42. The summed E-state index contributed by atoms with van der Waals surface area (Å²) in [5.41, 5.74) is 0. The van der Waals surface area contributed by atoms with E-state index in [2.05, 4.69) is 34.8 Å². The summed E-state index contributed by atoms with van der Waals surface area (Å²) >= 11 is 0. The smallest absolute Gasteiger partial charge is 0.220 e. The Labute approximate surface area is 134 Å². The zero-order valence-corrected chi connectivity index (χ0v) is 14.3. The van der Waals surface area contributed by atoms with Crippen LogP contribution < -0.4 is 16.0 Å². The number of hydrogen-bond donors (Lipinski definition) is 3. The lowest BCUT2D eigenvalue weighted by Gasteiger charge is -2.12. The first-order chi connectivity index (χ1) is 10.6. The number of nitrogens with one attached hydrogen (secondary N) is 3. The topological polar surface area (TPSA) is 74.8 Å². The fourth-order valence-electron chi connectivity index (χ4n) is 1.87. The maximum absolute atomic E-state index is 11.5. The highest BCUT2D eigenvalue weighted by Crippen LogP contribution is 2.18. The summed E-state index contributed by atoms with van der Waals surface area (Å²) in [5.74, 6) is 1.60. The normalized spacial score (nSPS) is 15.0. The van der Waals surface area contributed by atoms with Gasteiger partial charge in [0, 0.05) is 39.2 Å². The van der Waals surface area contributed by atoms with E-state index in [-0.39, 0.29) is 5.91 Å². The molecule has 22 heavy (non-hydrogen) atoms. The van der Waals surface area contributed by atoms with Gasteiger partial charge in [-0.15, -0.1) is 0 Å². The number of nitrogens with zero attached hydrogens (tertiary/aromatic N) is 1. The van der Waals surface area contributed by atoms with Gasteiger partial charge >= 0.3 is 0 Å². The number of carbonyl (C=O) groups excluding carboxylic acids is 1. The number of aliphatic imine (C=N–C) groups is 1. The maximum Gasteiger partial charge on any atom is 0.220 e. The summed E-state index contributed by atoms with van der Waals surface area (Å²) in [6.45, 7) is 7.35. The molecule has 0 heterocycles. The van der Waals surface area contributed by atoms with Gasteiger partial charge in [0.05, 0.1) is 6.61 Å². The van der Waals surface area contributed by atoms with Gasteiger partial charge < -0.3 is 20.7 Å².